The molecular weight excluding hydrogens is 440 g/mol. The number of rotatable bonds is 5. The van der Waals surface area contributed by atoms with Gasteiger partial charge >= 0.3 is 6.03 Å². The number of hydrogen-bond donors (Lipinski definition) is 1. The van der Waals surface area contributed by atoms with Gasteiger partial charge in [-0.3, -0.25) is 19.8 Å². The second-order valence-electron chi connectivity index (χ2n) is 6.80. The molecule has 1 aliphatic heterocycles. The van der Waals surface area contributed by atoms with Crippen molar-refractivity contribution in [1.29, 1.82) is 0 Å². The van der Waals surface area contributed by atoms with Gasteiger partial charge in [-0.15, -0.1) is 6.42 Å². The summed E-state index contributed by atoms with van der Waals surface area (Å²) in [5.41, 5.74) is 0.432. The van der Waals surface area contributed by atoms with E-state index in [1.165, 1.54) is 18.1 Å². The first kappa shape index (κ1) is 20.9. The van der Waals surface area contributed by atoms with Gasteiger partial charge in [0.05, 0.1) is 7.11 Å². The van der Waals surface area contributed by atoms with E-state index in [0.717, 1.165) is 32.1 Å². The molecule has 0 spiro atoms. The van der Waals surface area contributed by atoms with Crippen LogP contribution in [0.2, 0.25) is 0 Å². The van der Waals surface area contributed by atoms with Crippen LogP contribution in [0, 0.1) is 12.3 Å². The summed E-state index contributed by atoms with van der Waals surface area (Å²) in [6, 6.07) is 2.44. The number of imide groups is 2. The predicted molar refractivity (Wildman–Crippen MR) is 110 cm³/mol. The van der Waals surface area contributed by atoms with Gasteiger partial charge in [-0.05, 0) is 36.6 Å². The quantitative estimate of drug-likeness (QED) is 0.414. The molecule has 8 heteroatoms. The monoisotopic (exact) mass is 460 g/mol. The third-order valence-electron chi connectivity index (χ3n) is 4.97. The number of benzene rings is 1. The largest absolute Gasteiger partial charge is 0.493 e. The van der Waals surface area contributed by atoms with Gasteiger partial charge in [0.2, 0.25) is 0 Å². The van der Waals surface area contributed by atoms with Crippen LogP contribution in [0.3, 0.4) is 0 Å². The molecule has 2 fully saturated rings. The number of amides is 4. The van der Waals surface area contributed by atoms with Gasteiger partial charge in [-0.1, -0.05) is 41.1 Å². The van der Waals surface area contributed by atoms with Gasteiger partial charge in [-0.25, -0.2) is 4.79 Å². The molecule has 4 amide bonds. The first-order valence-electron chi connectivity index (χ1n) is 9.30. The number of nitrogens with one attached hydrogen (secondary N) is 1. The number of barbiturate groups is 1. The molecule has 3 rings (SSSR count). The zero-order valence-electron chi connectivity index (χ0n) is 16.0. The third-order valence-corrected chi connectivity index (χ3v) is 5.65. The van der Waals surface area contributed by atoms with Crippen LogP contribution < -0.4 is 14.8 Å². The van der Waals surface area contributed by atoms with E-state index in [2.05, 4.69) is 27.2 Å². The number of carbonyl (C=O) groups is 3. The normalized spacial score (nSPS) is 19.1. The molecule has 29 heavy (non-hydrogen) atoms. The van der Waals surface area contributed by atoms with Gasteiger partial charge < -0.3 is 9.47 Å². The van der Waals surface area contributed by atoms with E-state index < -0.39 is 17.8 Å². The summed E-state index contributed by atoms with van der Waals surface area (Å²) in [6.45, 7) is 0.0720. The molecule has 0 unspecified atom stereocenters. The Labute approximate surface area is 177 Å². The maximum absolute atomic E-state index is 13.0. The van der Waals surface area contributed by atoms with Crippen LogP contribution in [0.15, 0.2) is 22.2 Å². The number of carbonyl (C=O) groups excluding carboxylic acids is 3. The van der Waals surface area contributed by atoms with Crippen LogP contribution in [0.5, 0.6) is 11.5 Å². The van der Waals surface area contributed by atoms with E-state index in [1.54, 1.807) is 12.1 Å². The third kappa shape index (κ3) is 4.46. The lowest BCUT2D eigenvalue weighted by Crippen LogP contribution is -2.58. The summed E-state index contributed by atoms with van der Waals surface area (Å²) in [4.78, 5) is 38.9. The lowest BCUT2D eigenvalue weighted by atomic mass is 9.93. The standard InChI is InChI=1S/C21H21BrN2O5/c1-3-9-29-18-12-16(22)13(11-17(18)28-2)10-15-19(25)23-21(27)24(20(15)26)14-7-5-4-6-8-14/h1,10-12,14H,4-9H2,2H3,(H,23,25,27). The van der Waals surface area contributed by atoms with Crippen molar-refractivity contribution in [1.82, 2.24) is 10.2 Å². The predicted octanol–water partition coefficient (Wildman–Crippen LogP) is 3.26. The zero-order chi connectivity index (χ0) is 21.0. The summed E-state index contributed by atoms with van der Waals surface area (Å²) < 4.78 is 11.3. The molecule has 0 aromatic heterocycles. The highest BCUT2D eigenvalue weighted by Gasteiger charge is 2.40. The van der Waals surface area contributed by atoms with Crippen LogP contribution >= 0.6 is 15.9 Å². The Balaban J connectivity index is 1.95. The van der Waals surface area contributed by atoms with Crippen molar-refractivity contribution in [2.24, 2.45) is 0 Å². The number of nitrogens with zero attached hydrogens (tertiary/aromatic N) is 1. The molecule has 1 saturated carbocycles. The number of halogens is 1. The summed E-state index contributed by atoms with van der Waals surface area (Å²) in [6.07, 6.45) is 11.2. The van der Waals surface area contributed by atoms with Crippen LogP contribution in [-0.4, -0.2) is 42.5 Å². The van der Waals surface area contributed by atoms with Gasteiger partial charge in [0.1, 0.15) is 12.2 Å². The van der Waals surface area contributed by atoms with Gasteiger partial charge in [0, 0.05) is 10.5 Å². The van der Waals surface area contributed by atoms with Gasteiger partial charge in [0.15, 0.2) is 11.5 Å². The highest BCUT2D eigenvalue weighted by atomic mass is 79.9. The molecule has 152 valence electrons. The molecule has 1 aliphatic carbocycles. The van der Waals surface area contributed by atoms with Crippen molar-refractivity contribution in [3.63, 3.8) is 0 Å². The molecule has 1 aromatic rings. The number of methoxy groups -OCH3 is 1. The van der Waals surface area contributed by atoms with Gasteiger partial charge in [0.25, 0.3) is 11.8 Å². The molecule has 1 N–H and O–H groups in total. The summed E-state index contributed by atoms with van der Waals surface area (Å²) >= 11 is 3.42. The van der Waals surface area contributed by atoms with Crippen LogP contribution in [0.25, 0.3) is 6.08 Å². The van der Waals surface area contributed by atoms with E-state index in [0.29, 0.717) is 21.5 Å². The highest BCUT2D eigenvalue weighted by Crippen LogP contribution is 2.35. The second-order valence-corrected chi connectivity index (χ2v) is 7.66. The van der Waals surface area contributed by atoms with Crippen molar-refractivity contribution in [2.75, 3.05) is 13.7 Å². The molecule has 1 heterocycles. The fourth-order valence-corrected chi connectivity index (χ4v) is 3.99. The Kier molecular flexibility index (Phi) is 6.60. The van der Waals surface area contributed by atoms with E-state index in [1.807, 2.05) is 0 Å². The smallest absolute Gasteiger partial charge is 0.331 e. The second kappa shape index (κ2) is 9.14. The average Bonchev–Trinajstić information content (AvgIpc) is 2.71. The van der Waals surface area contributed by atoms with Crippen LogP contribution in [-0.2, 0) is 9.59 Å². The summed E-state index contributed by atoms with van der Waals surface area (Å²) in [5, 5.41) is 2.28. The lowest BCUT2D eigenvalue weighted by molar-refractivity contribution is -0.132. The first-order valence-corrected chi connectivity index (χ1v) is 10.1. The Morgan fingerprint density at radius 3 is 2.62 bits per heavy atom. The Morgan fingerprint density at radius 1 is 1.24 bits per heavy atom. The van der Waals surface area contributed by atoms with E-state index in [4.69, 9.17) is 15.9 Å². The molecule has 0 bridgehead atoms. The van der Waals surface area contributed by atoms with Crippen molar-refractivity contribution in [2.45, 2.75) is 38.1 Å². The van der Waals surface area contributed by atoms with Gasteiger partial charge in [-0.2, -0.15) is 0 Å². The lowest BCUT2D eigenvalue weighted by Gasteiger charge is -2.35. The minimum Gasteiger partial charge on any atom is -0.493 e. The number of ether oxygens (including phenoxy) is 2. The maximum Gasteiger partial charge on any atom is 0.331 e. The molecule has 1 saturated heterocycles. The van der Waals surface area contributed by atoms with E-state index >= 15 is 0 Å². The SMILES string of the molecule is C#CCOc1cc(Br)c(C=C2C(=O)NC(=O)N(C3CCCCC3)C2=O)cc1OC. The Bertz CT molecular complexity index is 912. The van der Waals surface area contributed by atoms with E-state index in [-0.39, 0.29) is 18.2 Å². The first-order chi connectivity index (χ1) is 14.0. The fraction of sp³-hybridized carbons (Fsp3) is 0.381. The van der Waals surface area contributed by atoms with Crippen molar-refractivity contribution < 1.29 is 23.9 Å². The minimum atomic E-state index is -0.717. The zero-order valence-corrected chi connectivity index (χ0v) is 17.6. The maximum atomic E-state index is 13.0. The van der Waals surface area contributed by atoms with E-state index in [9.17, 15) is 14.4 Å². The molecule has 0 atom stereocenters. The summed E-state index contributed by atoms with van der Waals surface area (Å²) in [5.74, 6) is 1.91. The molecule has 7 nitrogen and oxygen atoms in total. The topological polar surface area (TPSA) is 84.9 Å². The molecule has 1 aromatic carbocycles. The van der Waals surface area contributed by atoms with Crippen molar-refractivity contribution in [3.8, 4) is 23.8 Å². The Morgan fingerprint density at radius 2 is 1.97 bits per heavy atom. The average molecular weight is 461 g/mol. The Hall–Kier alpha value is -2.79. The van der Waals surface area contributed by atoms with Crippen molar-refractivity contribution in [3.05, 3.63) is 27.7 Å². The molecule has 2 aliphatic rings. The molecule has 0 radical (unpaired) electrons. The summed E-state index contributed by atoms with van der Waals surface area (Å²) in [7, 11) is 1.48. The number of hydrogen-bond acceptors (Lipinski definition) is 5. The minimum absolute atomic E-state index is 0.0720. The fourth-order valence-electron chi connectivity index (χ4n) is 3.55. The highest BCUT2D eigenvalue weighted by molar-refractivity contribution is 9.10. The van der Waals surface area contributed by atoms with Crippen molar-refractivity contribution >= 4 is 39.9 Å². The molecular formula is C21H21BrN2O5. The number of urea groups is 1. The van der Waals surface area contributed by atoms with Crippen LogP contribution in [0.4, 0.5) is 4.79 Å². The number of terminal acetylenes is 1. The van der Waals surface area contributed by atoms with Crippen LogP contribution in [0.1, 0.15) is 37.7 Å².